The maximum atomic E-state index is 13.0. The van der Waals surface area contributed by atoms with E-state index in [4.69, 9.17) is 0 Å². The summed E-state index contributed by atoms with van der Waals surface area (Å²) in [5.41, 5.74) is 1.96. The van der Waals surface area contributed by atoms with Crippen molar-refractivity contribution in [3.8, 4) is 0 Å². The first-order chi connectivity index (χ1) is 16.0. The van der Waals surface area contributed by atoms with Gasteiger partial charge >= 0.3 is 0 Å². The molecule has 1 unspecified atom stereocenters. The highest BCUT2D eigenvalue weighted by molar-refractivity contribution is 5.83. The number of nitrogens with one attached hydrogen (secondary N) is 2. The van der Waals surface area contributed by atoms with Gasteiger partial charge in [0.05, 0.1) is 12.6 Å². The van der Waals surface area contributed by atoms with Gasteiger partial charge in [0.15, 0.2) is 0 Å². The molecule has 4 rings (SSSR count). The fourth-order valence-corrected chi connectivity index (χ4v) is 4.34. The predicted octanol–water partition coefficient (Wildman–Crippen LogP) is 4.18. The lowest BCUT2D eigenvalue weighted by atomic mass is 9.95. The molecule has 1 aliphatic heterocycles. The third kappa shape index (κ3) is 6.17. The van der Waals surface area contributed by atoms with Crippen LogP contribution in [-0.4, -0.2) is 36.3 Å². The van der Waals surface area contributed by atoms with E-state index in [1.54, 1.807) is 12.1 Å². The summed E-state index contributed by atoms with van der Waals surface area (Å²) in [6.07, 6.45) is 1.45. The van der Waals surface area contributed by atoms with E-state index in [1.165, 1.54) is 17.5 Å². The molecule has 5 nitrogen and oxygen atoms in total. The molecule has 1 heterocycles. The molecule has 0 aliphatic carbocycles. The monoisotopic (exact) mass is 447 g/mol. The maximum absolute atomic E-state index is 13.0. The summed E-state index contributed by atoms with van der Waals surface area (Å²) in [4.78, 5) is 27.2. The zero-order valence-electron chi connectivity index (χ0n) is 18.9. The first-order valence-electron chi connectivity index (χ1n) is 11.5. The Morgan fingerprint density at radius 2 is 1.70 bits per heavy atom. The highest BCUT2D eigenvalue weighted by Crippen LogP contribution is 2.21. The molecular weight excluding hydrogens is 417 g/mol. The van der Waals surface area contributed by atoms with Gasteiger partial charge < -0.3 is 10.6 Å². The Kier molecular flexibility index (Phi) is 7.35. The van der Waals surface area contributed by atoms with Gasteiger partial charge in [-0.05, 0) is 73.0 Å². The fraction of sp³-hybridized carbons (Fsp3) is 0.333. The van der Waals surface area contributed by atoms with Gasteiger partial charge in [-0.1, -0.05) is 48.5 Å². The summed E-state index contributed by atoms with van der Waals surface area (Å²) in [5, 5.41) is 8.39. The van der Waals surface area contributed by atoms with Crippen LogP contribution in [0.15, 0.2) is 66.7 Å². The lowest BCUT2D eigenvalue weighted by molar-refractivity contribution is -0.127. The van der Waals surface area contributed by atoms with E-state index in [1.807, 2.05) is 19.1 Å². The molecule has 0 radical (unpaired) electrons. The van der Waals surface area contributed by atoms with Gasteiger partial charge in [-0.15, -0.1) is 0 Å². The molecule has 0 bridgehead atoms. The standard InChI is InChI=1S/C27H30FN3O2/c1-19(23-9-8-21-4-2-3-5-24(21)16-23)30-26(32)18-31-14-12-22(13-15-31)27(33)29-17-20-6-10-25(28)11-7-20/h2-11,16,19,22H,12-15,17-18H2,1H3,(H,29,33)(H,30,32). The van der Waals surface area contributed by atoms with E-state index < -0.39 is 0 Å². The van der Waals surface area contributed by atoms with Crippen molar-refractivity contribution >= 4 is 22.6 Å². The van der Waals surface area contributed by atoms with Crippen LogP contribution in [0.4, 0.5) is 4.39 Å². The predicted molar refractivity (Wildman–Crippen MR) is 128 cm³/mol. The SMILES string of the molecule is CC(NC(=O)CN1CCC(C(=O)NCc2ccc(F)cc2)CC1)c1ccc2ccccc2c1. The maximum Gasteiger partial charge on any atom is 0.234 e. The van der Waals surface area contributed by atoms with Gasteiger partial charge in [-0.25, -0.2) is 4.39 Å². The number of rotatable bonds is 7. The second kappa shape index (κ2) is 10.6. The molecule has 6 heteroatoms. The van der Waals surface area contributed by atoms with Gasteiger partial charge in [-0.3, -0.25) is 14.5 Å². The van der Waals surface area contributed by atoms with Crippen molar-refractivity contribution in [2.24, 2.45) is 5.92 Å². The number of carbonyl (C=O) groups is 2. The Morgan fingerprint density at radius 1 is 1.00 bits per heavy atom. The minimum Gasteiger partial charge on any atom is -0.352 e. The third-order valence-electron chi connectivity index (χ3n) is 6.36. The number of fused-ring (bicyclic) bond motifs is 1. The van der Waals surface area contributed by atoms with Crippen molar-refractivity contribution < 1.29 is 14.0 Å². The van der Waals surface area contributed by atoms with E-state index in [-0.39, 0.29) is 29.6 Å². The van der Waals surface area contributed by atoms with E-state index in [2.05, 4.69) is 45.9 Å². The number of nitrogens with zero attached hydrogens (tertiary/aromatic N) is 1. The first-order valence-corrected chi connectivity index (χ1v) is 11.5. The quantitative estimate of drug-likeness (QED) is 0.571. The fourth-order valence-electron chi connectivity index (χ4n) is 4.34. The molecule has 1 fully saturated rings. The van der Waals surface area contributed by atoms with Gasteiger partial charge in [-0.2, -0.15) is 0 Å². The van der Waals surface area contributed by atoms with Crippen LogP contribution in [0.1, 0.15) is 36.9 Å². The Bertz CT molecular complexity index is 1110. The highest BCUT2D eigenvalue weighted by Gasteiger charge is 2.26. The number of halogens is 1. The topological polar surface area (TPSA) is 61.4 Å². The van der Waals surface area contributed by atoms with E-state index in [0.29, 0.717) is 26.2 Å². The van der Waals surface area contributed by atoms with Gasteiger partial charge in [0.25, 0.3) is 0 Å². The molecular formula is C27H30FN3O2. The van der Waals surface area contributed by atoms with Crippen molar-refractivity contribution in [1.29, 1.82) is 0 Å². The number of likely N-dealkylation sites (tertiary alicyclic amines) is 1. The van der Waals surface area contributed by atoms with Crippen LogP contribution in [0.3, 0.4) is 0 Å². The number of hydrogen-bond acceptors (Lipinski definition) is 3. The van der Waals surface area contributed by atoms with Gasteiger partial charge in [0.2, 0.25) is 11.8 Å². The average Bonchev–Trinajstić information content (AvgIpc) is 2.83. The lowest BCUT2D eigenvalue weighted by Gasteiger charge is -2.31. The summed E-state index contributed by atoms with van der Waals surface area (Å²) < 4.78 is 13.0. The van der Waals surface area contributed by atoms with Crippen molar-refractivity contribution in [2.45, 2.75) is 32.4 Å². The Morgan fingerprint density at radius 3 is 2.42 bits per heavy atom. The minimum absolute atomic E-state index is 0.00475. The summed E-state index contributed by atoms with van der Waals surface area (Å²) in [5.74, 6) is -0.322. The molecule has 1 atom stereocenters. The summed E-state index contributed by atoms with van der Waals surface area (Å²) in [6.45, 7) is 4.16. The van der Waals surface area contributed by atoms with Crippen molar-refractivity contribution in [1.82, 2.24) is 15.5 Å². The summed E-state index contributed by atoms with van der Waals surface area (Å²) in [6, 6.07) is 20.5. The van der Waals surface area contributed by atoms with Crippen LogP contribution < -0.4 is 10.6 Å². The molecule has 3 aromatic rings. The van der Waals surface area contributed by atoms with E-state index in [0.717, 1.165) is 29.4 Å². The molecule has 0 aromatic heterocycles. The van der Waals surface area contributed by atoms with E-state index in [9.17, 15) is 14.0 Å². The Labute approximate surface area is 194 Å². The Hall–Kier alpha value is -3.25. The number of hydrogen-bond donors (Lipinski definition) is 2. The van der Waals surface area contributed by atoms with Crippen LogP contribution in [0.2, 0.25) is 0 Å². The van der Waals surface area contributed by atoms with E-state index >= 15 is 0 Å². The second-order valence-electron chi connectivity index (χ2n) is 8.79. The number of carbonyl (C=O) groups excluding carboxylic acids is 2. The van der Waals surface area contributed by atoms with Crippen molar-refractivity contribution in [3.63, 3.8) is 0 Å². The van der Waals surface area contributed by atoms with Crippen molar-refractivity contribution in [2.75, 3.05) is 19.6 Å². The van der Waals surface area contributed by atoms with Gasteiger partial charge in [0.1, 0.15) is 5.82 Å². The highest BCUT2D eigenvalue weighted by atomic mass is 19.1. The molecule has 2 amide bonds. The van der Waals surface area contributed by atoms with Crippen LogP contribution in [-0.2, 0) is 16.1 Å². The molecule has 0 saturated carbocycles. The molecule has 1 aliphatic rings. The molecule has 0 spiro atoms. The van der Waals surface area contributed by atoms with Crippen LogP contribution in [0.25, 0.3) is 10.8 Å². The first kappa shape index (κ1) is 22.9. The molecule has 33 heavy (non-hydrogen) atoms. The van der Waals surface area contributed by atoms with Crippen LogP contribution in [0.5, 0.6) is 0 Å². The summed E-state index contributed by atoms with van der Waals surface area (Å²) >= 11 is 0. The molecule has 3 aromatic carbocycles. The number of benzene rings is 3. The number of piperidine rings is 1. The molecule has 1 saturated heterocycles. The van der Waals surface area contributed by atoms with Gasteiger partial charge in [0, 0.05) is 12.5 Å². The zero-order valence-corrected chi connectivity index (χ0v) is 18.9. The van der Waals surface area contributed by atoms with Crippen LogP contribution in [0, 0.1) is 11.7 Å². The number of amides is 2. The average molecular weight is 448 g/mol. The second-order valence-corrected chi connectivity index (χ2v) is 8.79. The Balaban J connectivity index is 1.20. The zero-order chi connectivity index (χ0) is 23.2. The minimum atomic E-state index is -0.284. The lowest BCUT2D eigenvalue weighted by Crippen LogP contribution is -2.44. The smallest absolute Gasteiger partial charge is 0.234 e. The summed E-state index contributed by atoms with van der Waals surface area (Å²) in [7, 11) is 0. The van der Waals surface area contributed by atoms with Crippen LogP contribution >= 0.6 is 0 Å². The third-order valence-corrected chi connectivity index (χ3v) is 6.36. The molecule has 2 N–H and O–H groups in total. The van der Waals surface area contributed by atoms with Crippen molar-refractivity contribution in [3.05, 3.63) is 83.7 Å². The largest absolute Gasteiger partial charge is 0.352 e. The normalized spacial score (nSPS) is 15.8. The molecule has 172 valence electrons.